The Balaban J connectivity index is 1.10. The van der Waals surface area contributed by atoms with Gasteiger partial charge in [-0.1, -0.05) is 156 Å². The predicted octanol–water partition coefficient (Wildman–Crippen LogP) is 19.7. The fraction of sp³-hybridized carbons (Fsp3) is 0.915. The second-order valence-corrected chi connectivity index (χ2v) is 31.8. The predicted molar refractivity (Wildman–Crippen MR) is 375 cm³/mol. The summed E-state index contributed by atoms with van der Waals surface area (Å²) in [5.74, 6) is 3.70. The molecule has 3 aliphatic rings. The molecule has 514 valence electrons. The van der Waals surface area contributed by atoms with Crippen molar-refractivity contribution in [3.63, 3.8) is 0 Å². The average Bonchev–Trinajstić information content (AvgIpc) is 2.28. The SMILES string of the molecule is CCCCCCCCON1C(C)(C)CC(CCCCNc2nc(Cl)nc(NCCCCCC(Nc3nc(Cl)nc(NCCCCC4CC(C)(C)N(OCCCCCCCC)C(C)(C)C4)n3)C3CC(C)(C)N(OCCCCCCCC)C(C)(C)C3)n2)CC1(C)C. The summed E-state index contributed by atoms with van der Waals surface area (Å²) in [6.45, 7) is 39.8. The third kappa shape index (κ3) is 27.4. The molecular formula is C71H133Cl2N13O3. The number of nitrogens with one attached hydrogen (secondary N) is 4. The highest BCUT2D eigenvalue weighted by atomic mass is 35.5. The van der Waals surface area contributed by atoms with Crippen LogP contribution in [-0.2, 0) is 14.5 Å². The van der Waals surface area contributed by atoms with E-state index in [1.165, 1.54) is 109 Å². The fourth-order valence-corrected chi connectivity index (χ4v) is 16.4. The molecule has 18 heteroatoms. The quantitative estimate of drug-likeness (QED) is 0.0463. The Morgan fingerprint density at radius 1 is 0.371 bits per heavy atom. The number of hydrogen-bond acceptors (Lipinski definition) is 16. The van der Waals surface area contributed by atoms with Gasteiger partial charge in [0.25, 0.3) is 0 Å². The highest BCUT2D eigenvalue weighted by molar-refractivity contribution is 6.28. The third-order valence-corrected chi connectivity index (χ3v) is 19.7. The van der Waals surface area contributed by atoms with Crippen LogP contribution in [-0.4, -0.2) is 124 Å². The van der Waals surface area contributed by atoms with E-state index < -0.39 is 0 Å². The Kier molecular flexibility index (Phi) is 33.7. The summed E-state index contributed by atoms with van der Waals surface area (Å²) in [7, 11) is 0. The molecule has 0 aliphatic carbocycles. The fourth-order valence-electron chi connectivity index (χ4n) is 16.1. The Labute approximate surface area is 554 Å². The van der Waals surface area contributed by atoms with E-state index in [1.54, 1.807) is 0 Å². The van der Waals surface area contributed by atoms with Gasteiger partial charge in [0.2, 0.25) is 34.4 Å². The van der Waals surface area contributed by atoms with E-state index in [4.69, 9.17) is 47.7 Å². The Bertz CT molecular complexity index is 2200. The molecule has 16 nitrogen and oxygen atoms in total. The van der Waals surface area contributed by atoms with Crippen LogP contribution in [0.2, 0.25) is 10.6 Å². The van der Waals surface area contributed by atoms with Gasteiger partial charge in [0, 0.05) is 58.9 Å². The number of aromatic nitrogens is 6. The molecule has 4 N–H and O–H groups in total. The maximum Gasteiger partial charge on any atom is 0.229 e. The first kappa shape index (κ1) is 77.3. The van der Waals surface area contributed by atoms with E-state index in [0.29, 0.717) is 41.5 Å². The van der Waals surface area contributed by atoms with Crippen LogP contribution in [0, 0.1) is 17.8 Å². The number of hydrogen-bond donors (Lipinski definition) is 4. The zero-order chi connectivity index (χ0) is 65.0. The molecule has 89 heavy (non-hydrogen) atoms. The summed E-state index contributed by atoms with van der Waals surface area (Å²) in [4.78, 5) is 47.6. The van der Waals surface area contributed by atoms with Crippen LogP contribution in [0.1, 0.15) is 322 Å². The Morgan fingerprint density at radius 2 is 0.663 bits per heavy atom. The lowest BCUT2D eigenvalue weighted by atomic mass is 9.71. The van der Waals surface area contributed by atoms with Gasteiger partial charge in [-0.15, -0.1) is 0 Å². The number of nitrogens with zero attached hydrogens (tertiary/aromatic N) is 9. The normalized spacial score (nSPS) is 20.0. The van der Waals surface area contributed by atoms with Crippen molar-refractivity contribution in [1.29, 1.82) is 0 Å². The maximum atomic E-state index is 6.72. The molecule has 2 aromatic rings. The standard InChI is InChI=1S/C71H133Cl2N13O3/c1-16-19-22-25-28-38-47-87-84-66(4,5)50-56(51-67(84,6)7)41-33-36-45-75-63-79-60(72)78-62(82-63)74-44-35-31-32-43-59(58-54-70(12,13)86(71(14,15)55-58)89-49-40-30-27-24-21-18-3)77-65-81-61(73)80-64(83-65)76-46-37-34-42-57-52-68(8,9)85(69(10,11)53-57)88-48-39-29-26-23-20-17-2/h56-59H,16-55H2,1-15H3,(H2,74,75,78,79,82)(H2,76,77,80,81,83). The summed E-state index contributed by atoms with van der Waals surface area (Å²) in [5.41, 5.74) is -0.381. The number of anilines is 4. The molecule has 3 aliphatic heterocycles. The van der Waals surface area contributed by atoms with Gasteiger partial charge in [0.1, 0.15) is 0 Å². The first-order chi connectivity index (χ1) is 42.3. The number of unbranched alkanes of at least 4 members (excludes halogenated alkanes) is 19. The van der Waals surface area contributed by atoms with Crippen LogP contribution >= 0.6 is 23.2 Å². The Morgan fingerprint density at radius 3 is 1.02 bits per heavy atom. The zero-order valence-corrected chi connectivity index (χ0v) is 61.1. The van der Waals surface area contributed by atoms with Crippen molar-refractivity contribution in [2.24, 2.45) is 17.8 Å². The van der Waals surface area contributed by atoms with Crippen molar-refractivity contribution in [2.45, 2.75) is 361 Å². The largest absolute Gasteiger partial charge is 0.354 e. The van der Waals surface area contributed by atoms with Crippen molar-refractivity contribution in [2.75, 3.05) is 60.7 Å². The van der Waals surface area contributed by atoms with Gasteiger partial charge in [-0.2, -0.15) is 45.1 Å². The lowest BCUT2D eigenvalue weighted by Crippen LogP contribution is -2.62. The molecule has 3 fully saturated rings. The van der Waals surface area contributed by atoms with Crippen LogP contribution in [0.5, 0.6) is 0 Å². The van der Waals surface area contributed by atoms with Gasteiger partial charge in [0.15, 0.2) is 0 Å². The molecule has 3 saturated heterocycles. The van der Waals surface area contributed by atoms with E-state index in [0.717, 1.165) is 149 Å². The minimum Gasteiger partial charge on any atom is -0.354 e. The van der Waals surface area contributed by atoms with Crippen LogP contribution in [0.3, 0.4) is 0 Å². The molecule has 0 spiro atoms. The highest BCUT2D eigenvalue weighted by Crippen LogP contribution is 2.47. The highest BCUT2D eigenvalue weighted by Gasteiger charge is 2.50. The van der Waals surface area contributed by atoms with Crippen molar-refractivity contribution in [3.8, 4) is 0 Å². The lowest BCUT2D eigenvalue weighted by molar-refractivity contribution is -0.289. The average molecular weight is 1290 g/mol. The van der Waals surface area contributed by atoms with Gasteiger partial charge in [0.05, 0.1) is 19.8 Å². The number of rotatable bonds is 46. The summed E-state index contributed by atoms with van der Waals surface area (Å²) in [6, 6.07) is 0.108. The summed E-state index contributed by atoms with van der Waals surface area (Å²) in [6.07, 6.45) is 40.0. The van der Waals surface area contributed by atoms with Crippen molar-refractivity contribution < 1.29 is 14.5 Å². The minimum atomic E-state index is -0.180. The van der Waals surface area contributed by atoms with Crippen LogP contribution < -0.4 is 21.3 Å². The Hall–Kier alpha value is -2.44. The maximum absolute atomic E-state index is 6.72. The van der Waals surface area contributed by atoms with Crippen LogP contribution in [0.15, 0.2) is 0 Å². The molecule has 5 rings (SSSR count). The van der Waals surface area contributed by atoms with E-state index in [1.807, 2.05) is 0 Å². The molecule has 1 unspecified atom stereocenters. The first-order valence-corrected chi connectivity index (χ1v) is 37.2. The van der Waals surface area contributed by atoms with E-state index in [-0.39, 0.29) is 49.8 Å². The van der Waals surface area contributed by atoms with Gasteiger partial charge in [-0.3, -0.25) is 14.5 Å². The molecule has 0 bridgehead atoms. The van der Waals surface area contributed by atoms with Gasteiger partial charge in [-0.25, -0.2) is 0 Å². The summed E-state index contributed by atoms with van der Waals surface area (Å²) >= 11 is 13.2. The second-order valence-electron chi connectivity index (χ2n) is 31.2. The molecule has 0 radical (unpaired) electrons. The number of halogens is 2. The zero-order valence-electron chi connectivity index (χ0n) is 59.6. The van der Waals surface area contributed by atoms with Crippen LogP contribution in [0.4, 0.5) is 23.8 Å². The molecule has 1 atom stereocenters. The summed E-state index contributed by atoms with van der Waals surface area (Å²) < 4.78 is 0. The molecule has 2 aromatic heterocycles. The smallest absolute Gasteiger partial charge is 0.229 e. The van der Waals surface area contributed by atoms with Crippen molar-refractivity contribution in [1.82, 2.24) is 45.1 Å². The topological polar surface area (TPSA) is 163 Å². The summed E-state index contributed by atoms with van der Waals surface area (Å²) in [5, 5.41) is 21.6. The second kappa shape index (κ2) is 38.8. The van der Waals surface area contributed by atoms with E-state index in [9.17, 15) is 0 Å². The lowest BCUT2D eigenvalue weighted by Gasteiger charge is -2.55. The monoisotopic (exact) mass is 1290 g/mol. The van der Waals surface area contributed by atoms with Crippen molar-refractivity contribution in [3.05, 3.63) is 10.6 Å². The first-order valence-electron chi connectivity index (χ1n) is 36.4. The number of hydroxylamine groups is 6. The molecule has 0 amide bonds. The molecule has 5 heterocycles. The third-order valence-electron chi connectivity index (χ3n) is 19.3. The number of piperidine rings is 3. The van der Waals surface area contributed by atoms with E-state index in [2.05, 4.69) is 160 Å². The van der Waals surface area contributed by atoms with Crippen LogP contribution in [0.25, 0.3) is 0 Å². The molecular weight excluding hydrogens is 1150 g/mol. The van der Waals surface area contributed by atoms with Crippen molar-refractivity contribution >= 4 is 47.0 Å². The van der Waals surface area contributed by atoms with Gasteiger partial charge >= 0.3 is 0 Å². The van der Waals surface area contributed by atoms with E-state index >= 15 is 0 Å². The van der Waals surface area contributed by atoms with Gasteiger partial charge < -0.3 is 21.3 Å². The molecule has 0 aromatic carbocycles. The minimum absolute atomic E-state index is 0.0000216. The van der Waals surface area contributed by atoms with Gasteiger partial charge in [-0.05, 0) is 208 Å². The molecule has 0 saturated carbocycles.